The van der Waals surface area contributed by atoms with E-state index in [1.165, 1.54) is 6.08 Å². The Kier molecular flexibility index (Phi) is 5.72. The van der Waals surface area contributed by atoms with E-state index in [-0.39, 0.29) is 18.6 Å². The standard InChI is InChI=1S/C27H24N2O4/c1-31-20-10-8-19(9-11-20)22(23-16-28-24-5-3-2-4-21(23)24)15-29-27(30)13-7-18-6-12-25-26(14-18)33-17-32-25/h2-14,16,22,28H,15,17H2,1H3,(H,29,30)/b13-7+. The Hall–Kier alpha value is -4.19. The van der Waals surface area contributed by atoms with Gasteiger partial charge in [-0.1, -0.05) is 36.4 Å². The van der Waals surface area contributed by atoms with E-state index in [2.05, 4.69) is 22.4 Å². The van der Waals surface area contributed by atoms with E-state index in [0.717, 1.165) is 39.1 Å². The van der Waals surface area contributed by atoms with Gasteiger partial charge in [0.25, 0.3) is 0 Å². The molecular formula is C27H24N2O4. The summed E-state index contributed by atoms with van der Waals surface area (Å²) in [6.45, 7) is 0.683. The van der Waals surface area contributed by atoms with Crippen molar-refractivity contribution in [3.63, 3.8) is 0 Å². The zero-order valence-corrected chi connectivity index (χ0v) is 18.2. The molecule has 0 bridgehead atoms. The minimum absolute atomic E-state index is 0.0186. The number of fused-ring (bicyclic) bond motifs is 2. The molecule has 6 heteroatoms. The quantitative estimate of drug-likeness (QED) is 0.402. The zero-order valence-electron chi connectivity index (χ0n) is 18.2. The molecule has 0 spiro atoms. The summed E-state index contributed by atoms with van der Waals surface area (Å²) in [5.41, 5.74) is 4.18. The van der Waals surface area contributed by atoms with E-state index in [4.69, 9.17) is 14.2 Å². The monoisotopic (exact) mass is 440 g/mol. The average Bonchev–Trinajstić information content (AvgIpc) is 3.50. The van der Waals surface area contributed by atoms with Crippen LogP contribution < -0.4 is 19.5 Å². The van der Waals surface area contributed by atoms with Crippen LogP contribution in [0.1, 0.15) is 22.6 Å². The lowest BCUT2D eigenvalue weighted by atomic mass is 9.90. The van der Waals surface area contributed by atoms with Crippen LogP contribution in [-0.4, -0.2) is 31.3 Å². The van der Waals surface area contributed by atoms with Crippen molar-refractivity contribution < 1.29 is 19.0 Å². The number of nitrogens with one attached hydrogen (secondary N) is 2. The van der Waals surface area contributed by atoms with E-state index in [1.807, 2.05) is 60.8 Å². The summed E-state index contributed by atoms with van der Waals surface area (Å²) in [7, 11) is 1.65. The number of carbonyl (C=O) groups excluding carboxylic acids is 1. The second kappa shape index (κ2) is 9.12. The van der Waals surface area contributed by atoms with Crippen molar-refractivity contribution in [3.05, 3.63) is 95.7 Å². The third-order valence-electron chi connectivity index (χ3n) is 5.82. The third kappa shape index (κ3) is 4.41. The number of amides is 1. The fourth-order valence-corrected chi connectivity index (χ4v) is 4.08. The summed E-state index contributed by atoms with van der Waals surface area (Å²) in [5, 5.41) is 4.20. The van der Waals surface area contributed by atoms with Gasteiger partial charge in [-0.2, -0.15) is 0 Å². The van der Waals surface area contributed by atoms with E-state index in [9.17, 15) is 4.79 Å². The zero-order chi connectivity index (χ0) is 22.6. The first-order valence-corrected chi connectivity index (χ1v) is 10.8. The maximum absolute atomic E-state index is 12.6. The first kappa shape index (κ1) is 20.7. The lowest BCUT2D eigenvalue weighted by Gasteiger charge is -2.18. The van der Waals surface area contributed by atoms with Crippen molar-refractivity contribution in [2.24, 2.45) is 0 Å². The highest BCUT2D eigenvalue weighted by Crippen LogP contribution is 2.33. The summed E-state index contributed by atoms with van der Waals surface area (Å²) in [6.07, 6.45) is 5.33. The Morgan fingerprint density at radius 2 is 1.91 bits per heavy atom. The summed E-state index contributed by atoms with van der Waals surface area (Å²) >= 11 is 0. The van der Waals surface area contributed by atoms with Gasteiger partial charge in [-0.15, -0.1) is 0 Å². The Morgan fingerprint density at radius 3 is 2.76 bits per heavy atom. The Bertz CT molecular complexity index is 1310. The molecule has 0 radical (unpaired) electrons. The second-order valence-electron chi connectivity index (χ2n) is 7.81. The molecule has 166 valence electrons. The molecule has 1 atom stereocenters. The van der Waals surface area contributed by atoms with E-state index in [1.54, 1.807) is 13.2 Å². The van der Waals surface area contributed by atoms with Gasteiger partial charge in [0.05, 0.1) is 7.11 Å². The number of hydrogen-bond acceptors (Lipinski definition) is 4. The molecule has 0 fully saturated rings. The number of methoxy groups -OCH3 is 1. The van der Waals surface area contributed by atoms with Crippen molar-refractivity contribution in [1.29, 1.82) is 0 Å². The van der Waals surface area contributed by atoms with Crippen molar-refractivity contribution in [3.8, 4) is 17.2 Å². The molecule has 1 aliphatic heterocycles. The Balaban J connectivity index is 1.35. The first-order chi connectivity index (χ1) is 16.2. The van der Waals surface area contributed by atoms with Crippen LogP contribution in [0.15, 0.2) is 79.0 Å². The SMILES string of the molecule is COc1ccc(C(CNC(=O)/C=C/c2ccc3c(c2)OCO3)c2c[nH]c3ccccc23)cc1. The lowest BCUT2D eigenvalue weighted by molar-refractivity contribution is -0.116. The van der Waals surface area contributed by atoms with Gasteiger partial charge in [0.15, 0.2) is 11.5 Å². The molecule has 1 amide bonds. The van der Waals surface area contributed by atoms with Crippen molar-refractivity contribution in [2.45, 2.75) is 5.92 Å². The molecule has 1 aliphatic rings. The van der Waals surface area contributed by atoms with Crippen LogP contribution in [0.25, 0.3) is 17.0 Å². The molecule has 1 aromatic heterocycles. The molecule has 33 heavy (non-hydrogen) atoms. The number of rotatable bonds is 7. The van der Waals surface area contributed by atoms with Crippen LogP contribution in [0.2, 0.25) is 0 Å². The smallest absolute Gasteiger partial charge is 0.244 e. The number of H-pyrrole nitrogens is 1. The molecule has 5 rings (SSSR count). The molecule has 4 aromatic rings. The highest BCUT2D eigenvalue weighted by molar-refractivity contribution is 5.92. The molecule has 2 heterocycles. The minimum atomic E-state index is -0.161. The van der Waals surface area contributed by atoms with Crippen molar-refractivity contribution in [2.75, 3.05) is 20.4 Å². The van der Waals surface area contributed by atoms with E-state index >= 15 is 0 Å². The molecule has 6 nitrogen and oxygen atoms in total. The molecular weight excluding hydrogens is 416 g/mol. The molecule has 0 saturated carbocycles. The van der Waals surface area contributed by atoms with Crippen molar-refractivity contribution >= 4 is 22.9 Å². The summed E-state index contributed by atoms with van der Waals surface area (Å²) in [6, 6.07) is 21.7. The molecule has 2 N–H and O–H groups in total. The van der Waals surface area contributed by atoms with E-state index in [0.29, 0.717) is 12.3 Å². The minimum Gasteiger partial charge on any atom is -0.497 e. The predicted octanol–water partition coefficient (Wildman–Crippen LogP) is 4.87. The summed E-state index contributed by atoms with van der Waals surface area (Å²) < 4.78 is 16.0. The van der Waals surface area contributed by atoms with Gasteiger partial charge in [-0.3, -0.25) is 4.79 Å². The maximum Gasteiger partial charge on any atom is 0.244 e. The normalized spacial score (nSPS) is 13.4. The van der Waals surface area contributed by atoms with Crippen LogP contribution in [-0.2, 0) is 4.79 Å². The number of para-hydroxylation sites is 1. The molecule has 3 aromatic carbocycles. The molecule has 0 aliphatic carbocycles. The highest BCUT2D eigenvalue weighted by atomic mass is 16.7. The highest BCUT2D eigenvalue weighted by Gasteiger charge is 2.19. The predicted molar refractivity (Wildman–Crippen MR) is 128 cm³/mol. The fourth-order valence-electron chi connectivity index (χ4n) is 4.08. The van der Waals surface area contributed by atoms with Gasteiger partial charge >= 0.3 is 0 Å². The van der Waals surface area contributed by atoms with Crippen LogP contribution in [0, 0.1) is 0 Å². The third-order valence-corrected chi connectivity index (χ3v) is 5.82. The number of aromatic nitrogens is 1. The maximum atomic E-state index is 12.6. The molecule has 0 saturated heterocycles. The number of benzene rings is 3. The van der Waals surface area contributed by atoms with Crippen LogP contribution in [0.4, 0.5) is 0 Å². The van der Waals surface area contributed by atoms with Crippen LogP contribution in [0.3, 0.4) is 0 Å². The average molecular weight is 440 g/mol. The van der Waals surface area contributed by atoms with E-state index < -0.39 is 0 Å². The van der Waals surface area contributed by atoms with Crippen LogP contribution in [0.5, 0.6) is 17.2 Å². The number of carbonyl (C=O) groups is 1. The Morgan fingerprint density at radius 1 is 1.09 bits per heavy atom. The fraction of sp³-hybridized carbons (Fsp3) is 0.148. The summed E-state index contributed by atoms with van der Waals surface area (Å²) in [4.78, 5) is 16.0. The van der Waals surface area contributed by atoms with Gasteiger partial charge in [0.1, 0.15) is 5.75 Å². The number of ether oxygens (including phenoxy) is 3. The van der Waals surface area contributed by atoms with Crippen LogP contribution >= 0.6 is 0 Å². The van der Waals surface area contributed by atoms with Crippen molar-refractivity contribution in [1.82, 2.24) is 10.3 Å². The Labute approximate surface area is 191 Å². The van der Waals surface area contributed by atoms with Gasteiger partial charge in [-0.05, 0) is 53.1 Å². The van der Waals surface area contributed by atoms with Gasteiger partial charge in [-0.25, -0.2) is 0 Å². The largest absolute Gasteiger partial charge is 0.497 e. The van der Waals surface area contributed by atoms with Gasteiger partial charge in [0, 0.05) is 35.6 Å². The first-order valence-electron chi connectivity index (χ1n) is 10.8. The topological polar surface area (TPSA) is 72.6 Å². The van der Waals surface area contributed by atoms with Gasteiger partial charge in [0.2, 0.25) is 12.7 Å². The summed E-state index contributed by atoms with van der Waals surface area (Å²) in [5.74, 6) is 2.03. The number of hydrogen-bond donors (Lipinski definition) is 2. The molecule has 1 unspecified atom stereocenters. The second-order valence-corrected chi connectivity index (χ2v) is 7.81. The lowest BCUT2D eigenvalue weighted by Crippen LogP contribution is -2.27. The number of aromatic amines is 1. The van der Waals surface area contributed by atoms with Gasteiger partial charge < -0.3 is 24.5 Å².